The zero-order chi connectivity index (χ0) is 12.4. The van der Waals surface area contributed by atoms with Crippen molar-refractivity contribution in [3.8, 4) is 0 Å². The number of aryl methyl sites for hydroxylation is 1. The summed E-state index contributed by atoms with van der Waals surface area (Å²) in [4.78, 5) is 18.4. The van der Waals surface area contributed by atoms with E-state index in [0.717, 1.165) is 10.7 Å². The molecule has 5 heteroatoms. The van der Waals surface area contributed by atoms with E-state index in [1.807, 2.05) is 19.1 Å². The summed E-state index contributed by atoms with van der Waals surface area (Å²) < 4.78 is 0. The molecule has 0 saturated carbocycles. The third kappa shape index (κ3) is 2.45. The van der Waals surface area contributed by atoms with Crippen LogP contribution in [0.1, 0.15) is 14.7 Å². The molecule has 1 aromatic heterocycles. The number of nitrogens with zero attached hydrogens (tertiary/aromatic N) is 2. The fourth-order valence-corrected chi connectivity index (χ4v) is 2.23. The first-order valence-corrected chi connectivity index (χ1v) is 5.95. The third-order valence-electron chi connectivity index (χ3n) is 2.39. The normalized spacial score (nSPS) is 10.2. The number of amides is 1. The Morgan fingerprint density at radius 3 is 2.82 bits per heavy atom. The van der Waals surface area contributed by atoms with Gasteiger partial charge < -0.3 is 10.6 Å². The maximum absolute atomic E-state index is 12.1. The molecule has 2 rings (SSSR count). The van der Waals surface area contributed by atoms with Crippen LogP contribution in [-0.4, -0.2) is 17.9 Å². The zero-order valence-electron chi connectivity index (χ0n) is 9.68. The van der Waals surface area contributed by atoms with E-state index in [-0.39, 0.29) is 5.91 Å². The Morgan fingerprint density at radius 2 is 2.24 bits per heavy atom. The second-order valence-electron chi connectivity index (χ2n) is 3.70. The smallest absolute Gasteiger partial charge is 0.269 e. The summed E-state index contributed by atoms with van der Waals surface area (Å²) in [5.41, 5.74) is 7.11. The van der Waals surface area contributed by atoms with Crippen LogP contribution in [-0.2, 0) is 0 Å². The topological polar surface area (TPSA) is 59.2 Å². The van der Waals surface area contributed by atoms with Gasteiger partial charge in [-0.05, 0) is 25.1 Å². The molecule has 1 amide bonds. The lowest BCUT2D eigenvalue weighted by Crippen LogP contribution is -2.25. The molecule has 0 unspecified atom stereocenters. The van der Waals surface area contributed by atoms with Crippen molar-refractivity contribution in [2.24, 2.45) is 0 Å². The van der Waals surface area contributed by atoms with Gasteiger partial charge in [0.05, 0.1) is 11.2 Å². The SMILES string of the molecule is Cc1ncc(C(=O)N(C)c2cccc(N)c2)s1. The van der Waals surface area contributed by atoms with Crippen LogP contribution in [0.4, 0.5) is 11.4 Å². The number of anilines is 2. The van der Waals surface area contributed by atoms with E-state index in [4.69, 9.17) is 5.73 Å². The van der Waals surface area contributed by atoms with Gasteiger partial charge >= 0.3 is 0 Å². The molecule has 0 aliphatic rings. The molecule has 0 fully saturated rings. The molecule has 1 aromatic carbocycles. The summed E-state index contributed by atoms with van der Waals surface area (Å²) in [5, 5.41) is 0.884. The number of nitrogen functional groups attached to an aromatic ring is 1. The molecule has 0 radical (unpaired) electrons. The van der Waals surface area contributed by atoms with Crippen molar-refractivity contribution in [1.82, 2.24) is 4.98 Å². The summed E-state index contributed by atoms with van der Waals surface area (Å²) in [6.45, 7) is 1.88. The number of thiazole rings is 1. The van der Waals surface area contributed by atoms with Crippen LogP contribution in [0, 0.1) is 6.92 Å². The molecule has 0 spiro atoms. The van der Waals surface area contributed by atoms with Gasteiger partial charge in [0.1, 0.15) is 4.88 Å². The summed E-state index contributed by atoms with van der Waals surface area (Å²) in [6.07, 6.45) is 1.60. The quantitative estimate of drug-likeness (QED) is 0.828. The number of hydrogen-bond donors (Lipinski definition) is 1. The molecular weight excluding hydrogens is 234 g/mol. The molecule has 0 aliphatic carbocycles. The highest BCUT2D eigenvalue weighted by molar-refractivity contribution is 7.13. The molecule has 2 N–H and O–H groups in total. The van der Waals surface area contributed by atoms with Gasteiger partial charge in [0.2, 0.25) is 0 Å². The Bertz CT molecular complexity index is 550. The second-order valence-corrected chi connectivity index (χ2v) is 4.94. The van der Waals surface area contributed by atoms with Crippen LogP contribution in [0.25, 0.3) is 0 Å². The highest BCUT2D eigenvalue weighted by atomic mass is 32.1. The molecule has 0 aliphatic heterocycles. The number of carbonyl (C=O) groups is 1. The predicted octanol–water partition coefficient (Wildman–Crippen LogP) is 2.31. The van der Waals surface area contributed by atoms with Crippen LogP contribution < -0.4 is 10.6 Å². The third-order valence-corrected chi connectivity index (χ3v) is 3.29. The van der Waals surface area contributed by atoms with Crippen molar-refractivity contribution >= 4 is 28.6 Å². The molecule has 88 valence electrons. The second kappa shape index (κ2) is 4.55. The standard InChI is InChI=1S/C12H13N3OS/c1-8-14-7-11(17-8)12(16)15(2)10-5-3-4-9(13)6-10/h3-7H,13H2,1-2H3. The van der Waals surface area contributed by atoms with Crippen LogP contribution in [0.2, 0.25) is 0 Å². The number of aromatic nitrogens is 1. The number of benzene rings is 1. The molecule has 0 bridgehead atoms. The fraction of sp³-hybridized carbons (Fsp3) is 0.167. The summed E-state index contributed by atoms with van der Waals surface area (Å²) in [5.74, 6) is -0.0683. The summed E-state index contributed by atoms with van der Waals surface area (Å²) >= 11 is 1.39. The minimum atomic E-state index is -0.0683. The molecule has 0 atom stereocenters. The Balaban J connectivity index is 2.26. The summed E-state index contributed by atoms with van der Waals surface area (Å²) in [7, 11) is 1.73. The molecule has 4 nitrogen and oxygen atoms in total. The Hall–Kier alpha value is -1.88. The van der Waals surface area contributed by atoms with Gasteiger partial charge in [0, 0.05) is 18.4 Å². The maximum atomic E-state index is 12.1. The van der Waals surface area contributed by atoms with Crippen molar-refractivity contribution in [2.75, 3.05) is 17.7 Å². The number of hydrogen-bond acceptors (Lipinski definition) is 4. The van der Waals surface area contributed by atoms with Crippen LogP contribution in [0.15, 0.2) is 30.5 Å². The lowest BCUT2D eigenvalue weighted by molar-refractivity contribution is 0.0996. The van der Waals surface area contributed by atoms with Gasteiger partial charge in [-0.15, -0.1) is 11.3 Å². The first-order chi connectivity index (χ1) is 8.08. The maximum Gasteiger partial charge on any atom is 0.269 e. The lowest BCUT2D eigenvalue weighted by Gasteiger charge is -2.16. The van der Waals surface area contributed by atoms with E-state index < -0.39 is 0 Å². The van der Waals surface area contributed by atoms with Gasteiger partial charge in [-0.25, -0.2) is 4.98 Å². The van der Waals surface area contributed by atoms with Gasteiger partial charge in [0.25, 0.3) is 5.91 Å². The van der Waals surface area contributed by atoms with E-state index in [2.05, 4.69) is 4.98 Å². The molecule has 1 heterocycles. The first kappa shape index (κ1) is 11.6. The van der Waals surface area contributed by atoms with Gasteiger partial charge in [-0.2, -0.15) is 0 Å². The molecular formula is C12H13N3OS. The molecule has 0 saturated heterocycles. The highest BCUT2D eigenvalue weighted by Crippen LogP contribution is 2.20. The number of rotatable bonds is 2. The molecule has 2 aromatic rings. The van der Waals surface area contributed by atoms with E-state index >= 15 is 0 Å². The van der Waals surface area contributed by atoms with Crippen LogP contribution in [0.5, 0.6) is 0 Å². The van der Waals surface area contributed by atoms with E-state index in [9.17, 15) is 4.79 Å². The Labute approximate surface area is 104 Å². The van der Waals surface area contributed by atoms with Crippen molar-refractivity contribution in [2.45, 2.75) is 6.92 Å². The van der Waals surface area contributed by atoms with Crippen molar-refractivity contribution in [1.29, 1.82) is 0 Å². The van der Waals surface area contributed by atoms with Gasteiger partial charge in [-0.3, -0.25) is 4.79 Å². The van der Waals surface area contributed by atoms with E-state index in [0.29, 0.717) is 10.6 Å². The van der Waals surface area contributed by atoms with Crippen molar-refractivity contribution in [3.63, 3.8) is 0 Å². The minimum absolute atomic E-state index is 0.0683. The first-order valence-electron chi connectivity index (χ1n) is 5.14. The number of carbonyl (C=O) groups excluding carboxylic acids is 1. The lowest BCUT2D eigenvalue weighted by atomic mass is 10.2. The van der Waals surface area contributed by atoms with Crippen molar-refractivity contribution < 1.29 is 4.79 Å². The summed E-state index contributed by atoms with van der Waals surface area (Å²) in [6, 6.07) is 7.24. The molecule has 17 heavy (non-hydrogen) atoms. The van der Waals surface area contributed by atoms with E-state index in [1.165, 1.54) is 11.3 Å². The largest absolute Gasteiger partial charge is 0.399 e. The number of nitrogens with two attached hydrogens (primary N) is 1. The van der Waals surface area contributed by atoms with Gasteiger partial charge in [-0.1, -0.05) is 6.07 Å². The minimum Gasteiger partial charge on any atom is -0.399 e. The van der Waals surface area contributed by atoms with E-state index in [1.54, 1.807) is 30.3 Å². The Kier molecular flexibility index (Phi) is 3.10. The monoisotopic (exact) mass is 247 g/mol. The van der Waals surface area contributed by atoms with Crippen LogP contribution >= 0.6 is 11.3 Å². The average molecular weight is 247 g/mol. The van der Waals surface area contributed by atoms with Crippen LogP contribution in [0.3, 0.4) is 0 Å². The average Bonchev–Trinajstić information content (AvgIpc) is 2.74. The zero-order valence-corrected chi connectivity index (χ0v) is 10.5. The Morgan fingerprint density at radius 1 is 1.47 bits per heavy atom. The van der Waals surface area contributed by atoms with Gasteiger partial charge in [0.15, 0.2) is 0 Å². The fourth-order valence-electron chi connectivity index (χ4n) is 1.48. The van der Waals surface area contributed by atoms with Crippen molar-refractivity contribution in [3.05, 3.63) is 40.3 Å². The highest BCUT2D eigenvalue weighted by Gasteiger charge is 2.15. The predicted molar refractivity (Wildman–Crippen MR) is 70.4 cm³/mol.